The molecule has 1 aromatic carbocycles. The number of hydrogen-bond acceptors (Lipinski definition) is 5. The van der Waals surface area contributed by atoms with E-state index in [4.69, 9.17) is 22.3 Å². The van der Waals surface area contributed by atoms with Gasteiger partial charge in [0.15, 0.2) is 5.17 Å². The molecule has 24 heavy (non-hydrogen) atoms. The van der Waals surface area contributed by atoms with E-state index in [9.17, 15) is 5.26 Å². The van der Waals surface area contributed by atoms with Crippen molar-refractivity contribution in [1.29, 1.82) is 5.26 Å². The van der Waals surface area contributed by atoms with Crippen molar-refractivity contribution in [3.05, 3.63) is 45.3 Å². The number of halogens is 1. The maximum atomic E-state index is 9.18. The SMILES string of the molecule is N#Cc1cc(Cl)cc(-c2cc3c(s2)CCCC32CCSC(N)=N2)c1. The summed E-state index contributed by atoms with van der Waals surface area (Å²) in [6, 6.07) is 9.97. The Hall–Kier alpha value is -1.48. The maximum Gasteiger partial charge on any atom is 0.154 e. The third-order valence-corrected chi connectivity index (χ3v) is 6.96. The lowest BCUT2D eigenvalue weighted by Crippen LogP contribution is -2.34. The standard InChI is InChI=1S/C18H16ClN3S2/c19-13-7-11(10-20)6-12(8-13)16-9-14-15(24-16)2-1-3-18(14)4-5-23-17(21)22-18/h6-9H,1-5H2,(H2,21,22). The first-order valence-corrected chi connectivity index (χ1v) is 10.1. The zero-order valence-electron chi connectivity index (χ0n) is 13.0. The lowest BCUT2D eigenvalue weighted by molar-refractivity contribution is 0.368. The number of hydrogen-bond donors (Lipinski definition) is 1. The second kappa shape index (κ2) is 6.11. The predicted molar refractivity (Wildman–Crippen MR) is 103 cm³/mol. The summed E-state index contributed by atoms with van der Waals surface area (Å²) in [7, 11) is 0. The lowest BCUT2D eigenvalue weighted by atomic mass is 9.78. The molecule has 2 aromatic rings. The quantitative estimate of drug-likeness (QED) is 0.771. The zero-order chi connectivity index (χ0) is 16.7. The predicted octanol–water partition coefficient (Wildman–Crippen LogP) is 4.92. The molecule has 1 atom stereocenters. The number of benzene rings is 1. The number of nitrogens with zero attached hydrogens (tertiary/aromatic N) is 2. The van der Waals surface area contributed by atoms with E-state index in [1.54, 1.807) is 29.2 Å². The van der Waals surface area contributed by atoms with Gasteiger partial charge in [0.1, 0.15) is 0 Å². The molecule has 3 nitrogen and oxygen atoms in total. The summed E-state index contributed by atoms with van der Waals surface area (Å²) in [5.74, 6) is 1.02. The summed E-state index contributed by atoms with van der Waals surface area (Å²) >= 11 is 9.63. The fraction of sp³-hybridized carbons (Fsp3) is 0.333. The van der Waals surface area contributed by atoms with Crippen molar-refractivity contribution < 1.29 is 0 Å². The van der Waals surface area contributed by atoms with Crippen LogP contribution in [0.25, 0.3) is 10.4 Å². The summed E-state index contributed by atoms with van der Waals surface area (Å²) < 4.78 is 0. The molecule has 0 saturated carbocycles. The van der Waals surface area contributed by atoms with E-state index in [1.165, 1.54) is 10.4 Å². The molecule has 2 aliphatic rings. The molecule has 1 spiro atoms. The number of thiophene rings is 1. The van der Waals surface area contributed by atoms with Crippen LogP contribution in [0, 0.1) is 11.3 Å². The molecule has 2 N–H and O–H groups in total. The Morgan fingerprint density at radius 1 is 1.25 bits per heavy atom. The topological polar surface area (TPSA) is 62.2 Å². The van der Waals surface area contributed by atoms with Crippen molar-refractivity contribution >= 4 is 39.9 Å². The van der Waals surface area contributed by atoms with Gasteiger partial charge in [0.2, 0.25) is 0 Å². The lowest BCUT2D eigenvalue weighted by Gasteiger charge is -2.36. The minimum Gasteiger partial charge on any atom is -0.379 e. The van der Waals surface area contributed by atoms with E-state index in [-0.39, 0.29) is 5.54 Å². The number of nitrogens with two attached hydrogens (primary N) is 1. The largest absolute Gasteiger partial charge is 0.379 e. The number of rotatable bonds is 1. The van der Waals surface area contributed by atoms with Gasteiger partial charge in [0.05, 0.1) is 17.2 Å². The smallest absolute Gasteiger partial charge is 0.154 e. The van der Waals surface area contributed by atoms with Gasteiger partial charge in [0.25, 0.3) is 0 Å². The molecule has 0 saturated heterocycles. The van der Waals surface area contributed by atoms with Crippen LogP contribution >= 0.6 is 34.7 Å². The first-order valence-electron chi connectivity index (χ1n) is 7.92. The highest BCUT2D eigenvalue weighted by Gasteiger charge is 2.39. The number of nitriles is 1. The molecule has 2 heterocycles. The normalized spacial score (nSPS) is 22.8. The van der Waals surface area contributed by atoms with E-state index in [0.29, 0.717) is 15.8 Å². The summed E-state index contributed by atoms with van der Waals surface area (Å²) in [6.07, 6.45) is 4.35. The fourth-order valence-electron chi connectivity index (χ4n) is 3.62. The second-order valence-corrected chi connectivity index (χ2v) is 8.91. The van der Waals surface area contributed by atoms with Crippen LogP contribution in [0.4, 0.5) is 0 Å². The maximum absolute atomic E-state index is 9.18. The van der Waals surface area contributed by atoms with Crippen LogP contribution < -0.4 is 5.73 Å². The highest BCUT2D eigenvalue weighted by Crippen LogP contribution is 2.49. The van der Waals surface area contributed by atoms with Crippen LogP contribution in [0.2, 0.25) is 5.02 Å². The third-order valence-electron chi connectivity index (χ3n) is 4.71. The van der Waals surface area contributed by atoms with Gasteiger partial charge < -0.3 is 5.73 Å². The van der Waals surface area contributed by atoms with Gasteiger partial charge in [-0.2, -0.15) is 5.26 Å². The molecule has 1 aliphatic heterocycles. The molecule has 0 bridgehead atoms. The average molecular weight is 374 g/mol. The molecule has 4 rings (SSSR count). The highest BCUT2D eigenvalue weighted by atomic mass is 35.5. The Morgan fingerprint density at radius 2 is 2.12 bits per heavy atom. The Labute approximate surface area is 154 Å². The van der Waals surface area contributed by atoms with Gasteiger partial charge in [0, 0.05) is 20.5 Å². The summed E-state index contributed by atoms with van der Waals surface area (Å²) in [6.45, 7) is 0. The fourth-order valence-corrected chi connectivity index (χ4v) is 6.03. The van der Waals surface area contributed by atoms with Crippen molar-refractivity contribution in [2.45, 2.75) is 31.2 Å². The Kier molecular flexibility index (Phi) is 4.07. The molecule has 6 heteroatoms. The van der Waals surface area contributed by atoms with E-state index in [2.05, 4.69) is 12.1 Å². The van der Waals surface area contributed by atoms with E-state index in [1.807, 2.05) is 12.1 Å². The molecule has 1 unspecified atom stereocenters. The van der Waals surface area contributed by atoms with Gasteiger partial charge in [-0.25, -0.2) is 0 Å². The number of aryl methyl sites for hydroxylation is 1. The van der Waals surface area contributed by atoms with Crippen LogP contribution in [0.3, 0.4) is 0 Å². The molecule has 122 valence electrons. The van der Waals surface area contributed by atoms with Crippen molar-refractivity contribution in [3.63, 3.8) is 0 Å². The highest BCUT2D eigenvalue weighted by molar-refractivity contribution is 8.13. The summed E-state index contributed by atoms with van der Waals surface area (Å²) in [5, 5.41) is 10.5. The average Bonchev–Trinajstić information content (AvgIpc) is 3.00. The second-order valence-electron chi connectivity index (χ2n) is 6.22. The van der Waals surface area contributed by atoms with Gasteiger partial charge in [-0.15, -0.1) is 11.3 Å². The number of amidine groups is 1. The van der Waals surface area contributed by atoms with Crippen LogP contribution in [0.5, 0.6) is 0 Å². The van der Waals surface area contributed by atoms with Gasteiger partial charge >= 0.3 is 0 Å². The number of aliphatic imine (C=N–C) groups is 1. The number of fused-ring (bicyclic) bond motifs is 2. The summed E-state index contributed by atoms with van der Waals surface area (Å²) in [4.78, 5) is 7.42. The van der Waals surface area contributed by atoms with Crippen molar-refractivity contribution in [3.8, 4) is 16.5 Å². The Balaban J connectivity index is 1.83. The van der Waals surface area contributed by atoms with Crippen LogP contribution in [0.15, 0.2) is 29.3 Å². The molecule has 0 fully saturated rings. The minimum atomic E-state index is -0.145. The van der Waals surface area contributed by atoms with Crippen molar-refractivity contribution in [2.24, 2.45) is 10.7 Å². The molecule has 1 aromatic heterocycles. The van der Waals surface area contributed by atoms with Gasteiger partial charge in [-0.05, 0) is 61.1 Å². The van der Waals surface area contributed by atoms with E-state index >= 15 is 0 Å². The van der Waals surface area contributed by atoms with Crippen molar-refractivity contribution in [2.75, 3.05) is 5.75 Å². The zero-order valence-corrected chi connectivity index (χ0v) is 15.4. The minimum absolute atomic E-state index is 0.145. The molecular formula is C18H16ClN3S2. The van der Waals surface area contributed by atoms with Gasteiger partial charge in [-0.3, -0.25) is 4.99 Å². The first-order chi connectivity index (χ1) is 11.6. The Morgan fingerprint density at radius 3 is 2.92 bits per heavy atom. The molecular weight excluding hydrogens is 358 g/mol. The monoisotopic (exact) mass is 373 g/mol. The van der Waals surface area contributed by atoms with E-state index in [0.717, 1.165) is 41.9 Å². The van der Waals surface area contributed by atoms with Crippen LogP contribution in [-0.4, -0.2) is 10.9 Å². The molecule has 0 radical (unpaired) electrons. The van der Waals surface area contributed by atoms with Crippen LogP contribution in [-0.2, 0) is 12.0 Å². The van der Waals surface area contributed by atoms with Crippen LogP contribution in [0.1, 0.15) is 35.3 Å². The van der Waals surface area contributed by atoms with Gasteiger partial charge in [-0.1, -0.05) is 23.4 Å². The Bertz CT molecular complexity index is 881. The molecule has 1 aliphatic carbocycles. The number of thioether (sulfide) groups is 1. The first kappa shape index (κ1) is 16.0. The summed E-state index contributed by atoms with van der Waals surface area (Å²) in [5.41, 5.74) is 8.82. The third kappa shape index (κ3) is 2.73. The molecule has 0 amide bonds. The van der Waals surface area contributed by atoms with Crippen molar-refractivity contribution in [1.82, 2.24) is 0 Å². The van der Waals surface area contributed by atoms with E-state index < -0.39 is 0 Å².